The maximum Gasteiger partial charge on any atom is 0.223 e. The van der Waals surface area contributed by atoms with Crippen LogP contribution in [0.1, 0.15) is 31.2 Å². The van der Waals surface area contributed by atoms with E-state index in [1.165, 1.54) is 12.1 Å². The number of rotatable bonds is 6. The Morgan fingerprint density at radius 3 is 2.43 bits per heavy atom. The summed E-state index contributed by atoms with van der Waals surface area (Å²) in [6.07, 6.45) is 4.35. The average Bonchev–Trinajstić information content (AvgIpc) is 3.10. The van der Waals surface area contributed by atoms with Crippen LogP contribution in [0.5, 0.6) is 0 Å². The Hall–Kier alpha value is -2.11. The number of aliphatic imine (C=N–C) groups is 1. The van der Waals surface area contributed by atoms with Crippen LogP contribution in [0.25, 0.3) is 0 Å². The molecule has 0 aliphatic heterocycles. The predicted octanol–water partition coefficient (Wildman–Crippen LogP) is 1.80. The van der Waals surface area contributed by atoms with Gasteiger partial charge < -0.3 is 16.0 Å². The molecule has 3 N–H and O–H groups in total. The molecule has 0 spiro atoms. The van der Waals surface area contributed by atoms with Gasteiger partial charge in [-0.05, 0) is 30.5 Å². The minimum atomic E-state index is -0.241. The molecule has 1 saturated carbocycles. The van der Waals surface area contributed by atoms with E-state index in [2.05, 4.69) is 20.9 Å². The van der Waals surface area contributed by atoms with Crippen molar-refractivity contribution < 1.29 is 9.18 Å². The Kier molecular flexibility index (Phi) is 6.84. The molecule has 1 fully saturated rings. The molecular formula is C17H25FN4O. The highest BCUT2D eigenvalue weighted by Gasteiger charge is 2.21. The lowest BCUT2D eigenvalue weighted by molar-refractivity contribution is -0.124. The number of guanidine groups is 1. The second-order valence-electron chi connectivity index (χ2n) is 5.75. The van der Waals surface area contributed by atoms with Crippen LogP contribution in [0, 0.1) is 11.7 Å². The summed E-state index contributed by atoms with van der Waals surface area (Å²) in [6.45, 7) is 1.75. The highest BCUT2D eigenvalue weighted by molar-refractivity contribution is 5.80. The molecule has 0 bridgehead atoms. The molecule has 1 aromatic rings. The third kappa shape index (κ3) is 5.88. The summed E-state index contributed by atoms with van der Waals surface area (Å²) in [6, 6.07) is 6.34. The first-order valence-electron chi connectivity index (χ1n) is 8.15. The zero-order chi connectivity index (χ0) is 16.5. The molecule has 1 amide bonds. The van der Waals surface area contributed by atoms with Gasteiger partial charge in [0, 0.05) is 32.6 Å². The molecule has 23 heavy (non-hydrogen) atoms. The molecule has 6 heteroatoms. The number of carbonyl (C=O) groups excluding carboxylic acids is 1. The van der Waals surface area contributed by atoms with E-state index in [4.69, 9.17) is 0 Å². The molecule has 0 aromatic heterocycles. The summed E-state index contributed by atoms with van der Waals surface area (Å²) < 4.78 is 12.8. The van der Waals surface area contributed by atoms with Crippen molar-refractivity contribution in [3.63, 3.8) is 0 Å². The van der Waals surface area contributed by atoms with Crippen molar-refractivity contribution in [3.8, 4) is 0 Å². The number of amides is 1. The first-order valence-corrected chi connectivity index (χ1v) is 8.15. The molecule has 126 valence electrons. The monoisotopic (exact) mass is 320 g/mol. The molecule has 0 radical (unpaired) electrons. The van der Waals surface area contributed by atoms with Crippen LogP contribution in [0.3, 0.4) is 0 Å². The maximum atomic E-state index is 12.8. The minimum Gasteiger partial charge on any atom is -0.355 e. The van der Waals surface area contributed by atoms with Crippen LogP contribution < -0.4 is 16.0 Å². The number of halogens is 1. The average molecular weight is 320 g/mol. The van der Waals surface area contributed by atoms with Gasteiger partial charge in [0.15, 0.2) is 5.96 Å². The Bertz CT molecular complexity index is 524. The van der Waals surface area contributed by atoms with E-state index in [-0.39, 0.29) is 17.6 Å². The van der Waals surface area contributed by atoms with Crippen molar-refractivity contribution in [3.05, 3.63) is 35.6 Å². The molecular weight excluding hydrogens is 295 g/mol. The lowest BCUT2D eigenvalue weighted by Crippen LogP contribution is -2.42. The summed E-state index contributed by atoms with van der Waals surface area (Å²) in [4.78, 5) is 16.0. The number of hydrogen-bond acceptors (Lipinski definition) is 2. The second-order valence-corrected chi connectivity index (χ2v) is 5.75. The van der Waals surface area contributed by atoms with Crippen LogP contribution >= 0.6 is 0 Å². The van der Waals surface area contributed by atoms with E-state index in [0.29, 0.717) is 25.6 Å². The second kappa shape index (κ2) is 9.12. The normalized spacial score (nSPS) is 15.5. The zero-order valence-corrected chi connectivity index (χ0v) is 13.6. The van der Waals surface area contributed by atoms with E-state index in [1.807, 2.05) is 0 Å². The van der Waals surface area contributed by atoms with Crippen LogP contribution in [-0.4, -0.2) is 32.0 Å². The van der Waals surface area contributed by atoms with Gasteiger partial charge in [0.05, 0.1) is 0 Å². The summed E-state index contributed by atoms with van der Waals surface area (Å²) in [7, 11) is 1.69. The largest absolute Gasteiger partial charge is 0.355 e. The Labute approximate surface area is 136 Å². The van der Waals surface area contributed by atoms with Gasteiger partial charge in [0.1, 0.15) is 5.82 Å². The molecule has 2 rings (SSSR count). The van der Waals surface area contributed by atoms with E-state index in [0.717, 1.165) is 31.2 Å². The quantitative estimate of drug-likeness (QED) is 0.425. The molecule has 5 nitrogen and oxygen atoms in total. The van der Waals surface area contributed by atoms with E-state index in [1.54, 1.807) is 19.2 Å². The van der Waals surface area contributed by atoms with Crippen LogP contribution in [0.2, 0.25) is 0 Å². The van der Waals surface area contributed by atoms with Crippen LogP contribution in [-0.2, 0) is 11.3 Å². The first-order chi connectivity index (χ1) is 11.2. The van der Waals surface area contributed by atoms with Crippen molar-refractivity contribution in [2.24, 2.45) is 10.9 Å². The molecule has 1 aliphatic rings. The van der Waals surface area contributed by atoms with Gasteiger partial charge in [0.25, 0.3) is 0 Å². The molecule has 1 aliphatic carbocycles. The van der Waals surface area contributed by atoms with Crippen molar-refractivity contribution in [2.75, 3.05) is 20.1 Å². The lowest BCUT2D eigenvalue weighted by Gasteiger charge is -2.14. The van der Waals surface area contributed by atoms with E-state index < -0.39 is 0 Å². The summed E-state index contributed by atoms with van der Waals surface area (Å²) >= 11 is 0. The number of nitrogens with one attached hydrogen (secondary N) is 3. The number of benzene rings is 1. The number of nitrogens with zero attached hydrogens (tertiary/aromatic N) is 1. The van der Waals surface area contributed by atoms with Crippen molar-refractivity contribution in [2.45, 2.75) is 32.2 Å². The van der Waals surface area contributed by atoms with Crippen molar-refractivity contribution >= 4 is 11.9 Å². The van der Waals surface area contributed by atoms with Gasteiger partial charge >= 0.3 is 0 Å². The fourth-order valence-electron chi connectivity index (χ4n) is 2.71. The van der Waals surface area contributed by atoms with Crippen molar-refractivity contribution in [1.29, 1.82) is 0 Å². The molecule has 0 unspecified atom stereocenters. The van der Waals surface area contributed by atoms with Gasteiger partial charge in [0.2, 0.25) is 5.91 Å². The summed E-state index contributed by atoms with van der Waals surface area (Å²) in [5.41, 5.74) is 0.976. The first kappa shape index (κ1) is 17.2. The fourth-order valence-corrected chi connectivity index (χ4v) is 2.71. The Morgan fingerprint density at radius 2 is 1.78 bits per heavy atom. The number of carbonyl (C=O) groups is 1. The minimum absolute atomic E-state index is 0.165. The standard InChI is InChI=1S/C17H25FN4O/c1-19-17(22-12-13-6-8-15(18)9-7-13)21-11-10-20-16(23)14-4-2-3-5-14/h6-9,14H,2-5,10-12H2,1H3,(H,20,23)(H2,19,21,22). The topological polar surface area (TPSA) is 65.5 Å². The highest BCUT2D eigenvalue weighted by Crippen LogP contribution is 2.24. The smallest absolute Gasteiger partial charge is 0.223 e. The molecule has 0 saturated heterocycles. The highest BCUT2D eigenvalue weighted by atomic mass is 19.1. The number of hydrogen-bond donors (Lipinski definition) is 3. The van der Waals surface area contributed by atoms with Gasteiger partial charge in [-0.3, -0.25) is 9.79 Å². The zero-order valence-electron chi connectivity index (χ0n) is 13.6. The fraction of sp³-hybridized carbons (Fsp3) is 0.529. The Morgan fingerprint density at radius 1 is 1.13 bits per heavy atom. The van der Waals surface area contributed by atoms with Crippen LogP contribution in [0.4, 0.5) is 4.39 Å². The third-order valence-electron chi connectivity index (χ3n) is 4.04. The van der Waals surface area contributed by atoms with Gasteiger partial charge in [-0.1, -0.05) is 25.0 Å². The van der Waals surface area contributed by atoms with Gasteiger partial charge in [-0.2, -0.15) is 0 Å². The van der Waals surface area contributed by atoms with Crippen molar-refractivity contribution in [1.82, 2.24) is 16.0 Å². The summed E-state index contributed by atoms with van der Waals surface area (Å²) in [5, 5.41) is 9.26. The maximum absolute atomic E-state index is 12.8. The van der Waals surface area contributed by atoms with Crippen LogP contribution in [0.15, 0.2) is 29.3 Å². The van der Waals surface area contributed by atoms with E-state index >= 15 is 0 Å². The SMILES string of the molecule is CN=C(NCCNC(=O)C1CCCC1)NCc1ccc(F)cc1. The third-order valence-corrected chi connectivity index (χ3v) is 4.04. The van der Waals surface area contributed by atoms with Gasteiger partial charge in [-0.25, -0.2) is 4.39 Å². The van der Waals surface area contributed by atoms with Gasteiger partial charge in [-0.15, -0.1) is 0 Å². The van der Waals surface area contributed by atoms with E-state index in [9.17, 15) is 9.18 Å². The predicted molar refractivity (Wildman–Crippen MR) is 89.6 cm³/mol. The molecule has 1 aromatic carbocycles. The molecule has 0 atom stereocenters. The summed E-state index contributed by atoms with van der Waals surface area (Å²) in [5.74, 6) is 0.781. The molecule has 0 heterocycles. The lowest BCUT2D eigenvalue weighted by atomic mass is 10.1. The Balaban J connectivity index is 1.62.